The minimum absolute atomic E-state index is 0.604. The monoisotopic (exact) mass is 264 g/mol. The molecule has 0 aromatic carbocycles. The van der Waals surface area contributed by atoms with E-state index in [0.29, 0.717) is 42.7 Å². The maximum Gasteiger partial charge on any atom is 0.106 e. The van der Waals surface area contributed by atoms with E-state index >= 15 is 0 Å². The quantitative estimate of drug-likeness (QED) is 0.513. The lowest BCUT2D eigenvalue weighted by molar-refractivity contribution is 0.142. The van der Waals surface area contributed by atoms with Crippen LogP contribution in [0.4, 0.5) is 0 Å². The Morgan fingerprint density at radius 2 is 1.62 bits per heavy atom. The molecule has 0 rings (SSSR count). The third-order valence-electron chi connectivity index (χ3n) is 1.26. The van der Waals surface area contributed by atoms with Crippen LogP contribution < -0.4 is 0 Å². The van der Waals surface area contributed by atoms with E-state index in [1.165, 1.54) is 0 Å². The lowest BCUT2D eigenvalue weighted by Crippen LogP contribution is -1.96. The van der Waals surface area contributed by atoms with Gasteiger partial charge in [-0.05, 0) is 6.92 Å². The van der Waals surface area contributed by atoms with E-state index in [2.05, 4.69) is 24.3 Å². The highest BCUT2D eigenvalue weighted by Crippen LogP contribution is 2.05. The molecule has 0 N–H and O–H groups in total. The summed E-state index contributed by atoms with van der Waals surface area (Å²) in [5, 5.41) is 1.24. The standard InChI is InChI=1S/C8H12Cl2O.C4H6O/c1-7(9)3-5-11-6-4-8(2)10;1-3-5-4-2/h1-6H2;1H,4H2,2H3. The molecule has 0 aliphatic heterocycles. The predicted molar refractivity (Wildman–Crippen MR) is 70.5 cm³/mol. The number of ether oxygens (including phenoxy) is 2. The van der Waals surface area contributed by atoms with Gasteiger partial charge in [0.05, 0.1) is 19.8 Å². The topological polar surface area (TPSA) is 18.5 Å². The largest absolute Gasteiger partial charge is 0.447 e. The van der Waals surface area contributed by atoms with Gasteiger partial charge in [-0.25, -0.2) is 0 Å². The normalized spacial score (nSPS) is 8.38. The zero-order valence-corrected chi connectivity index (χ0v) is 11.1. The van der Waals surface area contributed by atoms with Gasteiger partial charge in [0.1, 0.15) is 6.11 Å². The van der Waals surface area contributed by atoms with Gasteiger partial charge in [0.25, 0.3) is 0 Å². The summed E-state index contributed by atoms with van der Waals surface area (Å²) in [6.07, 6.45) is 8.07. The van der Waals surface area contributed by atoms with Gasteiger partial charge >= 0.3 is 0 Å². The first-order chi connectivity index (χ1) is 7.54. The second kappa shape index (κ2) is 14.4. The number of hydrogen-bond donors (Lipinski definition) is 0. The average molecular weight is 265 g/mol. The van der Waals surface area contributed by atoms with Crippen molar-refractivity contribution in [2.24, 2.45) is 0 Å². The van der Waals surface area contributed by atoms with E-state index in [4.69, 9.17) is 27.9 Å². The molecular formula is C12H18Cl2O2. The molecule has 0 bridgehead atoms. The van der Waals surface area contributed by atoms with Crippen molar-refractivity contribution < 1.29 is 9.47 Å². The van der Waals surface area contributed by atoms with Crippen molar-refractivity contribution in [3.05, 3.63) is 23.2 Å². The van der Waals surface area contributed by atoms with Gasteiger partial charge in [0.2, 0.25) is 0 Å². The molecule has 0 atom stereocenters. The van der Waals surface area contributed by atoms with Crippen LogP contribution in [0.5, 0.6) is 0 Å². The number of halogens is 2. The zero-order valence-electron chi connectivity index (χ0n) is 9.60. The highest BCUT2D eigenvalue weighted by Gasteiger charge is 1.91. The molecule has 0 radical (unpaired) electrons. The molecule has 0 unspecified atom stereocenters. The lowest BCUT2D eigenvalue weighted by atomic mass is 10.4. The van der Waals surface area contributed by atoms with Gasteiger partial charge in [-0.15, -0.1) is 0 Å². The summed E-state index contributed by atoms with van der Waals surface area (Å²) in [6.45, 7) is 10.7. The Morgan fingerprint density at radius 3 is 1.81 bits per heavy atom. The van der Waals surface area contributed by atoms with Crippen molar-refractivity contribution in [3.8, 4) is 12.5 Å². The summed E-state index contributed by atoms with van der Waals surface area (Å²) in [6, 6.07) is 0. The Labute approximate surface area is 108 Å². The molecule has 0 amide bonds. The second-order valence-electron chi connectivity index (χ2n) is 2.70. The highest BCUT2D eigenvalue weighted by atomic mass is 35.5. The molecule has 0 aromatic rings. The molecular weight excluding hydrogens is 247 g/mol. The summed E-state index contributed by atoms with van der Waals surface area (Å²) >= 11 is 11.0. The summed E-state index contributed by atoms with van der Waals surface area (Å²) in [4.78, 5) is 0. The van der Waals surface area contributed by atoms with Crippen LogP contribution in [0.1, 0.15) is 19.8 Å². The van der Waals surface area contributed by atoms with Crippen LogP contribution in [0.2, 0.25) is 0 Å². The first-order valence-electron chi connectivity index (χ1n) is 4.86. The fraction of sp³-hybridized carbons (Fsp3) is 0.500. The average Bonchev–Trinajstić information content (AvgIpc) is 2.18. The van der Waals surface area contributed by atoms with E-state index in [1.54, 1.807) is 0 Å². The van der Waals surface area contributed by atoms with Crippen molar-refractivity contribution in [2.75, 3.05) is 19.8 Å². The summed E-state index contributed by atoms with van der Waals surface area (Å²) < 4.78 is 9.53. The molecule has 16 heavy (non-hydrogen) atoms. The Hall–Kier alpha value is -0.620. The van der Waals surface area contributed by atoms with Crippen LogP contribution in [0.25, 0.3) is 0 Å². The summed E-state index contributed by atoms with van der Waals surface area (Å²) in [5.74, 6) is 0. The predicted octanol–water partition coefficient (Wildman–Crippen LogP) is 3.90. The molecule has 4 heteroatoms. The lowest BCUT2D eigenvalue weighted by Gasteiger charge is -2.01. The maximum absolute atomic E-state index is 5.50. The Balaban J connectivity index is 0. The van der Waals surface area contributed by atoms with Crippen LogP contribution in [0, 0.1) is 12.5 Å². The van der Waals surface area contributed by atoms with Crippen LogP contribution >= 0.6 is 23.2 Å². The second-order valence-corrected chi connectivity index (χ2v) is 3.77. The molecule has 0 saturated heterocycles. The zero-order chi connectivity index (χ0) is 12.8. The van der Waals surface area contributed by atoms with Crippen molar-refractivity contribution in [2.45, 2.75) is 19.8 Å². The molecule has 2 nitrogen and oxygen atoms in total. The highest BCUT2D eigenvalue weighted by molar-refractivity contribution is 6.29. The van der Waals surface area contributed by atoms with E-state index in [0.717, 1.165) is 0 Å². The van der Waals surface area contributed by atoms with Gasteiger partial charge in [0.15, 0.2) is 0 Å². The molecule has 0 aromatic heterocycles. The number of hydrogen-bond acceptors (Lipinski definition) is 2. The number of terminal acetylenes is 1. The first-order valence-corrected chi connectivity index (χ1v) is 5.61. The molecule has 0 fully saturated rings. The van der Waals surface area contributed by atoms with E-state index in [9.17, 15) is 0 Å². The van der Waals surface area contributed by atoms with Gasteiger partial charge < -0.3 is 9.47 Å². The molecule has 92 valence electrons. The van der Waals surface area contributed by atoms with E-state index in [1.807, 2.05) is 13.0 Å². The molecule has 0 saturated carbocycles. The van der Waals surface area contributed by atoms with Gasteiger partial charge in [-0.3, -0.25) is 0 Å². The molecule has 0 aliphatic carbocycles. The minimum atomic E-state index is 0.604. The van der Waals surface area contributed by atoms with Gasteiger partial charge in [-0.2, -0.15) is 0 Å². The van der Waals surface area contributed by atoms with Crippen molar-refractivity contribution in [1.82, 2.24) is 0 Å². The van der Waals surface area contributed by atoms with Crippen molar-refractivity contribution >= 4 is 23.2 Å². The Morgan fingerprint density at radius 1 is 1.19 bits per heavy atom. The SMILES string of the molecule is C#COCC.C=C(Cl)CCOCCC(=C)Cl. The number of rotatable bonds is 7. The van der Waals surface area contributed by atoms with Crippen LogP contribution in [0.3, 0.4) is 0 Å². The first kappa shape index (κ1) is 17.8. The Kier molecular flexibility index (Phi) is 16.0. The molecule has 0 heterocycles. The van der Waals surface area contributed by atoms with Crippen molar-refractivity contribution in [1.29, 1.82) is 0 Å². The fourth-order valence-corrected chi connectivity index (χ4v) is 0.706. The van der Waals surface area contributed by atoms with Gasteiger partial charge in [0, 0.05) is 22.9 Å². The third kappa shape index (κ3) is 23.3. The van der Waals surface area contributed by atoms with Gasteiger partial charge in [-0.1, -0.05) is 42.8 Å². The summed E-state index contributed by atoms with van der Waals surface area (Å²) in [5.41, 5.74) is 0. The molecule has 0 spiro atoms. The minimum Gasteiger partial charge on any atom is -0.447 e. The molecule has 0 aliphatic rings. The van der Waals surface area contributed by atoms with E-state index < -0.39 is 0 Å². The Bertz CT molecular complexity index is 216. The van der Waals surface area contributed by atoms with Crippen LogP contribution in [0.15, 0.2) is 23.2 Å². The summed E-state index contributed by atoms with van der Waals surface area (Å²) in [7, 11) is 0. The third-order valence-corrected chi connectivity index (χ3v) is 1.64. The van der Waals surface area contributed by atoms with Crippen LogP contribution in [-0.2, 0) is 9.47 Å². The smallest absolute Gasteiger partial charge is 0.106 e. The van der Waals surface area contributed by atoms with E-state index in [-0.39, 0.29) is 0 Å². The fourth-order valence-electron chi connectivity index (χ4n) is 0.551. The maximum atomic E-state index is 5.50. The van der Waals surface area contributed by atoms with Crippen LogP contribution in [-0.4, -0.2) is 19.8 Å². The van der Waals surface area contributed by atoms with Crippen molar-refractivity contribution in [3.63, 3.8) is 0 Å².